The first-order chi connectivity index (χ1) is 10.2. The zero-order valence-corrected chi connectivity index (χ0v) is 13.0. The average Bonchev–Trinajstić information content (AvgIpc) is 3.33. The lowest BCUT2D eigenvalue weighted by Crippen LogP contribution is -2.31. The number of carbonyl (C=O) groups excluding carboxylic acids is 1. The van der Waals surface area contributed by atoms with Gasteiger partial charge in [0, 0.05) is 39.1 Å². The molecule has 0 atom stereocenters. The molecule has 0 aromatic carbocycles. The predicted octanol–water partition coefficient (Wildman–Crippen LogP) is 2.40. The van der Waals surface area contributed by atoms with Crippen molar-refractivity contribution >= 4 is 11.6 Å². The van der Waals surface area contributed by atoms with Crippen LogP contribution in [0.3, 0.4) is 0 Å². The fraction of sp³-hybridized carbons (Fsp3) is 0.625. The van der Waals surface area contributed by atoms with Gasteiger partial charge in [-0.2, -0.15) is 0 Å². The van der Waals surface area contributed by atoms with E-state index in [0.717, 1.165) is 31.2 Å². The summed E-state index contributed by atoms with van der Waals surface area (Å²) < 4.78 is 5.58. The molecule has 1 amide bonds. The van der Waals surface area contributed by atoms with E-state index in [-0.39, 0.29) is 5.91 Å². The van der Waals surface area contributed by atoms with Crippen LogP contribution in [0.1, 0.15) is 36.5 Å². The highest BCUT2D eigenvalue weighted by Crippen LogP contribution is 2.28. The molecule has 5 nitrogen and oxygen atoms in total. The lowest BCUT2D eigenvalue weighted by Gasteiger charge is -2.19. The van der Waals surface area contributed by atoms with Crippen LogP contribution in [0.4, 0.5) is 5.69 Å². The number of amides is 1. The first-order valence-electron chi connectivity index (χ1n) is 7.73. The third-order valence-corrected chi connectivity index (χ3v) is 3.59. The molecule has 1 aromatic rings. The maximum atomic E-state index is 12.5. The highest BCUT2D eigenvalue weighted by atomic mass is 16.5. The first-order valence-corrected chi connectivity index (χ1v) is 7.73. The molecule has 1 saturated carbocycles. The normalized spacial score (nSPS) is 14.0. The number of anilines is 1. The molecular weight excluding hydrogens is 266 g/mol. The smallest absolute Gasteiger partial charge is 0.257 e. The minimum atomic E-state index is -0.0169. The Hall–Kier alpha value is -1.62. The molecule has 116 valence electrons. The standard InChI is InChI=1S/C16H25N3O2/c1-3-7-18-15-6-8-17-11-14(15)16(20)19(2)9-10-21-12-13-4-5-13/h6,8,11,13H,3-5,7,9-10,12H2,1-2H3,(H,17,18). The van der Waals surface area contributed by atoms with Gasteiger partial charge in [0.25, 0.3) is 5.91 Å². The van der Waals surface area contributed by atoms with Gasteiger partial charge in [-0.25, -0.2) is 0 Å². The molecule has 1 aliphatic rings. The number of pyridine rings is 1. The van der Waals surface area contributed by atoms with Gasteiger partial charge in [0.1, 0.15) is 0 Å². The molecule has 21 heavy (non-hydrogen) atoms. The van der Waals surface area contributed by atoms with Gasteiger partial charge in [-0.3, -0.25) is 9.78 Å². The third kappa shape index (κ3) is 5.01. The molecule has 2 rings (SSSR count). The van der Waals surface area contributed by atoms with Crippen molar-refractivity contribution in [2.24, 2.45) is 5.92 Å². The van der Waals surface area contributed by atoms with Crippen molar-refractivity contribution in [3.8, 4) is 0 Å². The molecule has 0 aliphatic heterocycles. The fourth-order valence-corrected chi connectivity index (χ4v) is 2.02. The monoisotopic (exact) mass is 291 g/mol. The number of ether oxygens (including phenoxy) is 1. The zero-order chi connectivity index (χ0) is 15.1. The molecular formula is C16H25N3O2. The van der Waals surface area contributed by atoms with E-state index in [9.17, 15) is 4.79 Å². The lowest BCUT2D eigenvalue weighted by molar-refractivity contribution is 0.0681. The van der Waals surface area contributed by atoms with Crippen molar-refractivity contribution in [1.29, 1.82) is 0 Å². The molecule has 5 heteroatoms. The van der Waals surface area contributed by atoms with Gasteiger partial charge in [0.2, 0.25) is 0 Å². The van der Waals surface area contributed by atoms with Crippen LogP contribution >= 0.6 is 0 Å². The number of likely N-dealkylation sites (N-methyl/N-ethyl adjacent to an activating group) is 1. The van der Waals surface area contributed by atoms with Crippen LogP contribution in [0.25, 0.3) is 0 Å². The van der Waals surface area contributed by atoms with E-state index in [1.54, 1.807) is 24.3 Å². The predicted molar refractivity (Wildman–Crippen MR) is 83.5 cm³/mol. The summed E-state index contributed by atoms with van der Waals surface area (Å²) in [4.78, 5) is 18.2. The van der Waals surface area contributed by atoms with Gasteiger partial charge < -0.3 is 15.0 Å². The Labute approximate surface area is 126 Å². The molecule has 0 bridgehead atoms. The summed E-state index contributed by atoms with van der Waals surface area (Å²) in [7, 11) is 1.80. The molecule has 0 unspecified atom stereocenters. The second-order valence-corrected chi connectivity index (χ2v) is 5.59. The number of nitrogens with one attached hydrogen (secondary N) is 1. The average molecular weight is 291 g/mol. The van der Waals surface area contributed by atoms with Crippen molar-refractivity contribution < 1.29 is 9.53 Å². The number of rotatable bonds is 9. The van der Waals surface area contributed by atoms with Crippen molar-refractivity contribution in [3.63, 3.8) is 0 Å². The maximum absolute atomic E-state index is 12.5. The molecule has 1 N–H and O–H groups in total. The topological polar surface area (TPSA) is 54.5 Å². The SMILES string of the molecule is CCCNc1ccncc1C(=O)N(C)CCOCC1CC1. The number of hydrogen-bond donors (Lipinski definition) is 1. The molecule has 1 aliphatic carbocycles. The van der Waals surface area contributed by atoms with Gasteiger partial charge in [0.05, 0.1) is 17.9 Å². The van der Waals surface area contributed by atoms with Crippen LogP contribution in [0.15, 0.2) is 18.5 Å². The van der Waals surface area contributed by atoms with E-state index < -0.39 is 0 Å². The van der Waals surface area contributed by atoms with Gasteiger partial charge >= 0.3 is 0 Å². The Morgan fingerprint density at radius 2 is 2.33 bits per heavy atom. The second-order valence-electron chi connectivity index (χ2n) is 5.59. The van der Waals surface area contributed by atoms with Crippen molar-refractivity contribution in [3.05, 3.63) is 24.0 Å². The van der Waals surface area contributed by atoms with Crippen molar-refractivity contribution in [1.82, 2.24) is 9.88 Å². The summed E-state index contributed by atoms with van der Waals surface area (Å²) in [6.45, 7) is 4.97. The Bertz CT molecular complexity index is 461. The van der Waals surface area contributed by atoms with Crippen LogP contribution in [-0.2, 0) is 4.74 Å². The fourth-order valence-electron chi connectivity index (χ4n) is 2.02. The van der Waals surface area contributed by atoms with E-state index in [1.165, 1.54) is 12.8 Å². The maximum Gasteiger partial charge on any atom is 0.257 e. The van der Waals surface area contributed by atoms with Gasteiger partial charge in [-0.15, -0.1) is 0 Å². The number of carbonyl (C=O) groups is 1. The van der Waals surface area contributed by atoms with Crippen LogP contribution in [-0.4, -0.2) is 49.1 Å². The van der Waals surface area contributed by atoms with Crippen LogP contribution in [0.2, 0.25) is 0 Å². The van der Waals surface area contributed by atoms with E-state index in [1.807, 2.05) is 6.07 Å². The zero-order valence-electron chi connectivity index (χ0n) is 13.0. The summed E-state index contributed by atoms with van der Waals surface area (Å²) in [5.41, 5.74) is 1.47. The largest absolute Gasteiger partial charge is 0.384 e. The summed E-state index contributed by atoms with van der Waals surface area (Å²) >= 11 is 0. The van der Waals surface area contributed by atoms with E-state index in [0.29, 0.717) is 18.7 Å². The van der Waals surface area contributed by atoms with Gasteiger partial charge in [0.15, 0.2) is 0 Å². The van der Waals surface area contributed by atoms with Crippen LogP contribution in [0.5, 0.6) is 0 Å². The Kier molecular flexibility index (Phi) is 5.99. The third-order valence-electron chi connectivity index (χ3n) is 3.59. The van der Waals surface area contributed by atoms with Crippen molar-refractivity contribution in [2.75, 3.05) is 38.7 Å². The van der Waals surface area contributed by atoms with Crippen LogP contribution < -0.4 is 5.32 Å². The molecule has 1 fully saturated rings. The highest BCUT2D eigenvalue weighted by Gasteiger charge is 2.21. The summed E-state index contributed by atoms with van der Waals surface area (Å²) in [6, 6.07) is 1.85. The Morgan fingerprint density at radius 1 is 1.52 bits per heavy atom. The van der Waals surface area contributed by atoms with Gasteiger partial charge in [-0.05, 0) is 31.2 Å². The molecule has 0 saturated heterocycles. The Balaban J connectivity index is 1.84. The number of hydrogen-bond acceptors (Lipinski definition) is 4. The Morgan fingerprint density at radius 3 is 3.05 bits per heavy atom. The molecule has 0 spiro atoms. The highest BCUT2D eigenvalue weighted by molar-refractivity contribution is 5.99. The van der Waals surface area contributed by atoms with E-state index >= 15 is 0 Å². The minimum Gasteiger partial charge on any atom is -0.384 e. The molecule has 1 aromatic heterocycles. The second kappa shape index (κ2) is 7.98. The molecule has 0 radical (unpaired) electrons. The molecule has 1 heterocycles. The quantitative estimate of drug-likeness (QED) is 0.710. The summed E-state index contributed by atoms with van der Waals surface area (Å²) in [6.07, 6.45) is 6.92. The van der Waals surface area contributed by atoms with Gasteiger partial charge in [-0.1, -0.05) is 6.92 Å². The number of aromatic nitrogens is 1. The van der Waals surface area contributed by atoms with Crippen LogP contribution in [0, 0.1) is 5.92 Å². The van der Waals surface area contributed by atoms with Crippen molar-refractivity contribution in [2.45, 2.75) is 26.2 Å². The minimum absolute atomic E-state index is 0.0169. The summed E-state index contributed by atoms with van der Waals surface area (Å²) in [5.74, 6) is 0.742. The van der Waals surface area contributed by atoms with E-state index in [4.69, 9.17) is 4.74 Å². The number of nitrogens with zero attached hydrogens (tertiary/aromatic N) is 2. The summed E-state index contributed by atoms with van der Waals surface area (Å²) in [5, 5.41) is 3.27. The lowest BCUT2D eigenvalue weighted by atomic mass is 10.2. The first kappa shape index (κ1) is 15.8. The van der Waals surface area contributed by atoms with E-state index in [2.05, 4.69) is 17.2 Å².